The third-order valence-electron chi connectivity index (χ3n) is 6.36. The highest BCUT2D eigenvalue weighted by Gasteiger charge is 2.38. The summed E-state index contributed by atoms with van der Waals surface area (Å²) in [4.78, 5) is 35.9. The molecule has 5 heteroatoms. The van der Waals surface area contributed by atoms with Crippen molar-refractivity contribution < 1.29 is 19.5 Å². The number of imide groups is 1. The number of carbonyl (C=O) groups is 3. The van der Waals surface area contributed by atoms with Crippen molar-refractivity contribution in [2.24, 2.45) is 0 Å². The van der Waals surface area contributed by atoms with E-state index in [9.17, 15) is 19.5 Å². The molecule has 0 saturated carbocycles. The van der Waals surface area contributed by atoms with Gasteiger partial charge >= 0.3 is 5.97 Å². The van der Waals surface area contributed by atoms with Gasteiger partial charge in [-0.25, -0.2) is 4.79 Å². The third-order valence-corrected chi connectivity index (χ3v) is 6.36. The van der Waals surface area contributed by atoms with Crippen molar-refractivity contribution >= 4 is 17.8 Å². The Morgan fingerprint density at radius 3 is 1.59 bits per heavy atom. The predicted octanol–water partition coefficient (Wildman–Crippen LogP) is 6.64. The van der Waals surface area contributed by atoms with Gasteiger partial charge in [-0.3, -0.25) is 14.5 Å². The molecule has 0 spiro atoms. The number of hydrogen-bond acceptors (Lipinski definition) is 3. The van der Waals surface area contributed by atoms with Gasteiger partial charge in [0.25, 0.3) is 0 Å². The number of likely N-dealkylation sites (tertiary alicyclic amines) is 1. The molecule has 0 aromatic carbocycles. The summed E-state index contributed by atoms with van der Waals surface area (Å²) < 4.78 is 0. The predicted molar refractivity (Wildman–Crippen MR) is 137 cm³/mol. The second-order valence-electron chi connectivity index (χ2n) is 9.35. The number of aliphatic carboxylic acids is 1. The Morgan fingerprint density at radius 2 is 1.15 bits per heavy atom. The van der Waals surface area contributed by atoms with Crippen LogP contribution >= 0.6 is 0 Å². The van der Waals surface area contributed by atoms with Gasteiger partial charge in [-0.1, -0.05) is 102 Å². The first-order chi connectivity index (χ1) is 16.6. The first-order valence-electron chi connectivity index (χ1n) is 13.6. The number of unbranched alkanes of at least 4 members (excludes halogenated alkanes) is 15. The molecule has 2 amide bonds. The van der Waals surface area contributed by atoms with Crippen LogP contribution in [0.2, 0.25) is 0 Å². The number of nitrogens with zero attached hydrogens (tertiary/aromatic N) is 1. The lowest BCUT2D eigenvalue weighted by Crippen LogP contribution is -2.44. The fraction of sp³-hybridized carbons (Fsp3) is 0.759. The van der Waals surface area contributed by atoms with Crippen LogP contribution in [-0.2, 0) is 14.4 Å². The van der Waals surface area contributed by atoms with Crippen molar-refractivity contribution in [3.63, 3.8) is 0 Å². The summed E-state index contributed by atoms with van der Waals surface area (Å²) in [6.45, 7) is 2.26. The van der Waals surface area contributed by atoms with Crippen LogP contribution in [0.5, 0.6) is 0 Å². The van der Waals surface area contributed by atoms with E-state index in [1.165, 1.54) is 64.2 Å². The second-order valence-corrected chi connectivity index (χ2v) is 9.35. The van der Waals surface area contributed by atoms with Crippen molar-refractivity contribution in [1.29, 1.82) is 0 Å². The fourth-order valence-corrected chi connectivity index (χ4v) is 4.30. The Bertz CT molecular complexity index is 706. The smallest absolute Gasteiger partial charge is 0.326 e. The van der Waals surface area contributed by atoms with E-state index in [1.54, 1.807) is 0 Å². The van der Waals surface area contributed by atoms with Crippen LogP contribution in [0.15, 0.2) is 0 Å². The molecule has 34 heavy (non-hydrogen) atoms. The molecule has 0 aliphatic carbocycles. The number of hydrogen-bond donors (Lipinski definition) is 1. The summed E-state index contributed by atoms with van der Waals surface area (Å²) in [5.74, 6) is 10.4. The van der Waals surface area contributed by atoms with Gasteiger partial charge in [0.1, 0.15) is 6.04 Å². The molecule has 1 saturated heterocycles. The zero-order valence-corrected chi connectivity index (χ0v) is 21.3. The number of carbonyl (C=O) groups excluding carboxylic acids is 2. The molecular weight excluding hydrogens is 426 g/mol. The van der Waals surface area contributed by atoms with Crippen LogP contribution in [-0.4, -0.2) is 33.8 Å². The zero-order valence-electron chi connectivity index (χ0n) is 21.3. The average molecular weight is 472 g/mol. The molecule has 1 rings (SSSR count). The average Bonchev–Trinajstić information content (AvgIpc) is 3.14. The van der Waals surface area contributed by atoms with E-state index < -0.39 is 12.0 Å². The van der Waals surface area contributed by atoms with Gasteiger partial charge < -0.3 is 5.11 Å². The molecular formula is C29H45NO4. The van der Waals surface area contributed by atoms with E-state index in [4.69, 9.17) is 0 Å². The Kier molecular flexibility index (Phi) is 17.6. The molecule has 1 fully saturated rings. The Hall–Kier alpha value is -2.27. The Morgan fingerprint density at radius 1 is 0.735 bits per heavy atom. The van der Waals surface area contributed by atoms with Gasteiger partial charge in [-0.05, 0) is 31.1 Å². The molecule has 1 atom stereocenters. The number of carboxylic acids is 1. The Balaban J connectivity index is 1.95. The van der Waals surface area contributed by atoms with Crippen LogP contribution < -0.4 is 0 Å². The van der Waals surface area contributed by atoms with Gasteiger partial charge in [0, 0.05) is 25.7 Å². The van der Waals surface area contributed by atoms with Crippen molar-refractivity contribution in [3.05, 3.63) is 0 Å². The van der Waals surface area contributed by atoms with E-state index in [1.807, 2.05) is 0 Å². The molecule has 1 N–H and O–H groups in total. The van der Waals surface area contributed by atoms with Gasteiger partial charge in [0.2, 0.25) is 11.8 Å². The summed E-state index contributed by atoms with van der Waals surface area (Å²) in [6.07, 6.45) is 20.4. The van der Waals surface area contributed by atoms with Gasteiger partial charge in [-0.15, -0.1) is 0 Å². The van der Waals surface area contributed by atoms with E-state index in [0.717, 1.165) is 43.4 Å². The highest BCUT2D eigenvalue weighted by atomic mass is 16.4. The highest BCUT2D eigenvalue weighted by molar-refractivity contribution is 6.04. The van der Waals surface area contributed by atoms with Crippen LogP contribution in [0, 0.1) is 23.7 Å². The summed E-state index contributed by atoms with van der Waals surface area (Å²) >= 11 is 0. The molecule has 5 nitrogen and oxygen atoms in total. The molecule has 1 unspecified atom stereocenters. The molecule has 1 aliphatic rings. The number of carboxylic acid groups (broad SMARTS) is 1. The molecule has 0 bridgehead atoms. The van der Waals surface area contributed by atoms with Crippen molar-refractivity contribution in [3.8, 4) is 23.7 Å². The zero-order chi connectivity index (χ0) is 24.9. The normalized spacial score (nSPS) is 13.9. The maximum atomic E-state index is 11.8. The summed E-state index contributed by atoms with van der Waals surface area (Å²) in [7, 11) is 0. The van der Waals surface area contributed by atoms with Crippen LogP contribution in [0.4, 0.5) is 0 Å². The topological polar surface area (TPSA) is 74.7 Å². The highest BCUT2D eigenvalue weighted by Crippen LogP contribution is 2.20. The van der Waals surface area contributed by atoms with E-state index in [-0.39, 0.29) is 24.7 Å². The monoisotopic (exact) mass is 471 g/mol. The maximum Gasteiger partial charge on any atom is 0.326 e. The fourth-order valence-electron chi connectivity index (χ4n) is 4.30. The number of rotatable bonds is 19. The molecule has 0 aromatic rings. The number of amides is 2. The first-order valence-corrected chi connectivity index (χ1v) is 13.6. The minimum atomic E-state index is -1.09. The summed E-state index contributed by atoms with van der Waals surface area (Å²) in [6, 6.07) is -1.01. The van der Waals surface area contributed by atoms with Crippen molar-refractivity contribution in [2.45, 2.75) is 141 Å². The lowest BCUT2D eigenvalue weighted by molar-refractivity contribution is -0.154. The standard InChI is InChI=1S/C29H45NO4/c1-2-3-4-5-6-7-8-9-10-11-12-13-14-15-16-17-18-19-20-21-22-23-26(29(33)34)30-27(31)24-25-28(30)32/h26H,2-12,17-25H2,1H3,(H,33,34). The van der Waals surface area contributed by atoms with Gasteiger partial charge in [0.05, 0.1) is 0 Å². The Labute approximate surface area is 207 Å². The minimum absolute atomic E-state index is 0.132. The molecule has 1 heterocycles. The first kappa shape index (κ1) is 29.8. The van der Waals surface area contributed by atoms with Crippen LogP contribution in [0.1, 0.15) is 135 Å². The van der Waals surface area contributed by atoms with Crippen LogP contribution in [0.3, 0.4) is 0 Å². The van der Waals surface area contributed by atoms with Crippen molar-refractivity contribution in [1.82, 2.24) is 4.90 Å². The quantitative estimate of drug-likeness (QED) is 0.130. The van der Waals surface area contributed by atoms with E-state index in [2.05, 4.69) is 30.6 Å². The molecule has 1 aliphatic heterocycles. The molecule has 0 aromatic heterocycles. The second kappa shape index (κ2) is 20.1. The summed E-state index contributed by atoms with van der Waals surface area (Å²) in [5.41, 5.74) is 0. The maximum absolute atomic E-state index is 11.8. The lowest BCUT2D eigenvalue weighted by Gasteiger charge is -2.22. The van der Waals surface area contributed by atoms with E-state index in [0.29, 0.717) is 12.8 Å². The largest absolute Gasteiger partial charge is 0.480 e. The molecule has 190 valence electrons. The van der Waals surface area contributed by atoms with Crippen LogP contribution in [0.25, 0.3) is 0 Å². The SMILES string of the molecule is CCCCCCCCCCCCC#CC#CCCCCCCCC(C(=O)O)N1C(=O)CCC1=O. The van der Waals surface area contributed by atoms with Crippen molar-refractivity contribution in [2.75, 3.05) is 0 Å². The van der Waals surface area contributed by atoms with E-state index >= 15 is 0 Å². The molecule has 0 radical (unpaired) electrons. The lowest BCUT2D eigenvalue weighted by atomic mass is 10.0. The third kappa shape index (κ3) is 14.1. The van der Waals surface area contributed by atoms with Gasteiger partial charge in [-0.2, -0.15) is 0 Å². The summed E-state index contributed by atoms with van der Waals surface area (Å²) in [5, 5.41) is 9.36. The van der Waals surface area contributed by atoms with Gasteiger partial charge in [0.15, 0.2) is 0 Å². The minimum Gasteiger partial charge on any atom is -0.480 e.